The van der Waals surface area contributed by atoms with Crippen molar-refractivity contribution < 1.29 is 0 Å². The Balaban J connectivity index is 1.89. The van der Waals surface area contributed by atoms with Crippen molar-refractivity contribution >= 4 is 15.9 Å². The molecule has 1 aliphatic heterocycles. The topological polar surface area (TPSA) is 3.24 Å². The van der Waals surface area contributed by atoms with Crippen molar-refractivity contribution in [2.24, 2.45) is 0 Å². The number of halogens is 1. The highest BCUT2D eigenvalue weighted by Crippen LogP contribution is 2.41. The molecule has 0 spiro atoms. The maximum atomic E-state index is 3.82. The molecule has 0 aliphatic carbocycles. The lowest BCUT2D eigenvalue weighted by molar-refractivity contribution is 0.147. The van der Waals surface area contributed by atoms with Gasteiger partial charge in [0.15, 0.2) is 0 Å². The molecule has 0 aromatic heterocycles. The Morgan fingerprint density at radius 3 is 2.30 bits per heavy atom. The van der Waals surface area contributed by atoms with Crippen LogP contribution in [-0.2, 0) is 12.1 Å². The quantitative estimate of drug-likeness (QED) is 0.745. The molecule has 0 saturated carbocycles. The highest BCUT2D eigenvalue weighted by molar-refractivity contribution is 9.09. The van der Waals surface area contributed by atoms with Gasteiger partial charge in [0.25, 0.3) is 0 Å². The molecule has 1 saturated heterocycles. The van der Waals surface area contributed by atoms with E-state index < -0.39 is 0 Å². The number of hydrogen-bond donors (Lipinski definition) is 0. The van der Waals surface area contributed by atoms with Crippen LogP contribution in [-0.4, -0.2) is 16.3 Å². The average Bonchev–Trinajstić information content (AvgIpc) is 2.76. The van der Waals surface area contributed by atoms with Crippen molar-refractivity contribution in [1.82, 2.24) is 4.90 Å². The summed E-state index contributed by atoms with van der Waals surface area (Å²) in [7, 11) is 0. The molecule has 1 heterocycles. The van der Waals surface area contributed by atoms with Gasteiger partial charge in [-0.2, -0.15) is 0 Å². The van der Waals surface area contributed by atoms with Crippen LogP contribution in [0, 0.1) is 0 Å². The number of benzene rings is 2. The molecule has 3 rings (SSSR count). The molecule has 2 unspecified atom stereocenters. The fourth-order valence-corrected chi connectivity index (χ4v) is 4.19. The summed E-state index contributed by atoms with van der Waals surface area (Å²) < 4.78 is 0. The first kappa shape index (κ1) is 13.8. The number of nitrogens with zero attached hydrogens (tertiary/aromatic N) is 1. The van der Waals surface area contributed by atoms with Crippen LogP contribution < -0.4 is 0 Å². The summed E-state index contributed by atoms with van der Waals surface area (Å²) in [4.78, 5) is 3.16. The maximum Gasteiger partial charge on any atom is 0.0447 e. The Kier molecular flexibility index (Phi) is 3.95. The molecule has 0 amide bonds. The lowest BCUT2D eigenvalue weighted by Crippen LogP contribution is -2.38. The van der Waals surface area contributed by atoms with E-state index in [1.807, 2.05) is 0 Å². The van der Waals surface area contributed by atoms with Crippen molar-refractivity contribution in [3.63, 3.8) is 0 Å². The van der Waals surface area contributed by atoms with Crippen molar-refractivity contribution in [1.29, 1.82) is 0 Å². The predicted molar refractivity (Wildman–Crippen MR) is 88.0 cm³/mol. The summed E-state index contributed by atoms with van der Waals surface area (Å²) in [5, 5.41) is 0. The van der Waals surface area contributed by atoms with E-state index in [2.05, 4.69) is 88.4 Å². The summed E-state index contributed by atoms with van der Waals surface area (Å²) in [6, 6.07) is 21.6. The van der Waals surface area contributed by atoms with E-state index in [4.69, 9.17) is 0 Å². The lowest BCUT2D eigenvalue weighted by Gasteiger charge is -2.35. The zero-order valence-corrected chi connectivity index (χ0v) is 13.4. The molecule has 2 aromatic carbocycles. The molecular formula is C18H20BrN. The summed E-state index contributed by atoms with van der Waals surface area (Å²) in [6.45, 7) is 4.47. The first-order chi connectivity index (χ1) is 9.68. The molecule has 20 heavy (non-hydrogen) atoms. The third-order valence-electron chi connectivity index (χ3n) is 4.35. The molecule has 0 N–H and O–H groups in total. The minimum absolute atomic E-state index is 0.116. The smallest absolute Gasteiger partial charge is 0.0447 e. The predicted octanol–water partition coefficient (Wildman–Crippen LogP) is 4.57. The largest absolute Gasteiger partial charge is 0.288 e. The molecule has 104 valence electrons. The maximum absolute atomic E-state index is 3.82. The van der Waals surface area contributed by atoms with Crippen LogP contribution in [0.3, 0.4) is 0 Å². The lowest BCUT2D eigenvalue weighted by atomic mass is 9.89. The monoisotopic (exact) mass is 329 g/mol. The first-order valence-electron chi connectivity index (χ1n) is 7.17. The molecule has 2 atom stereocenters. The van der Waals surface area contributed by atoms with Crippen LogP contribution in [0.5, 0.6) is 0 Å². The van der Waals surface area contributed by atoms with Gasteiger partial charge in [-0.05, 0) is 24.5 Å². The Morgan fingerprint density at radius 1 is 1.05 bits per heavy atom. The number of likely N-dealkylation sites (tertiary alicyclic amines) is 1. The zero-order chi connectivity index (χ0) is 14.0. The van der Waals surface area contributed by atoms with E-state index in [-0.39, 0.29) is 5.54 Å². The van der Waals surface area contributed by atoms with E-state index in [9.17, 15) is 0 Å². The van der Waals surface area contributed by atoms with Crippen LogP contribution in [0.2, 0.25) is 0 Å². The summed E-state index contributed by atoms with van der Waals surface area (Å²) in [5.74, 6) is 0. The van der Waals surface area contributed by atoms with Gasteiger partial charge >= 0.3 is 0 Å². The molecule has 0 radical (unpaired) electrons. The van der Waals surface area contributed by atoms with Crippen LogP contribution in [0.4, 0.5) is 0 Å². The second-order valence-electron chi connectivity index (χ2n) is 5.81. The number of alkyl halides is 1. The van der Waals surface area contributed by atoms with Gasteiger partial charge in [0.1, 0.15) is 0 Å². The standard InChI is InChI=1S/C18H20BrN/c1-18(16-10-6-3-7-11-16)12-17(19)14-20(18)13-15-8-4-2-5-9-15/h2-11,17H,12-14H2,1H3. The highest BCUT2D eigenvalue weighted by Gasteiger charge is 2.41. The average molecular weight is 330 g/mol. The Hall–Kier alpha value is -1.12. The van der Waals surface area contributed by atoms with Gasteiger partial charge in [0, 0.05) is 23.5 Å². The van der Waals surface area contributed by atoms with Crippen molar-refractivity contribution in [3.05, 3.63) is 71.8 Å². The van der Waals surface area contributed by atoms with Crippen LogP contribution in [0.1, 0.15) is 24.5 Å². The van der Waals surface area contributed by atoms with Crippen LogP contribution >= 0.6 is 15.9 Å². The van der Waals surface area contributed by atoms with E-state index in [1.165, 1.54) is 11.1 Å². The minimum Gasteiger partial charge on any atom is -0.288 e. The Bertz CT molecular complexity index is 554. The van der Waals surface area contributed by atoms with Gasteiger partial charge in [-0.1, -0.05) is 76.6 Å². The minimum atomic E-state index is 0.116. The van der Waals surface area contributed by atoms with Crippen LogP contribution in [0.15, 0.2) is 60.7 Å². The Labute approximate surface area is 129 Å². The van der Waals surface area contributed by atoms with Crippen molar-refractivity contribution in [3.8, 4) is 0 Å². The summed E-state index contributed by atoms with van der Waals surface area (Å²) in [5.41, 5.74) is 2.92. The van der Waals surface area contributed by atoms with Crippen molar-refractivity contribution in [2.45, 2.75) is 30.3 Å². The van der Waals surface area contributed by atoms with Crippen LogP contribution in [0.25, 0.3) is 0 Å². The van der Waals surface area contributed by atoms with Gasteiger partial charge in [-0.3, -0.25) is 4.90 Å². The fraction of sp³-hybridized carbons (Fsp3) is 0.333. The molecule has 1 fully saturated rings. The van der Waals surface area contributed by atoms with E-state index in [0.717, 1.165) is 19.5 Å². The Morgan fingerprint density at radius 2 is 1.65 bits per heavy atom. The SMILES string of the molecule is CC1(c2ccccc2)CC(Br)CN1Cc1ccccc1. The summed E-state index contributed by atoms with van der Waals surface area (Å²) in [6.07, 6.45) is 1.16. The summed E-state index contributed by atoms with van der Waals surface area (Å²) >= 11 is 3.82. The molecule has 2 aromatic rings. The third-order valence-corrected chi connectivity index (χ3v) is 4.96. The van der Waals surface area contributed by atoms with Gasteiger partial charge in [0.2, 0.25) is 0 Å². The van der Waals surface area contributed by atoms with Gasteiger partial charge in [-0.15, -0.1) is 0 Å². The fourth-order valence-electron chi connectivity index (χ4n) is 3.21. The molecule has 0 bridgehead atoms. The van der Waals surface area contributed by atoms with Gasteiger partial charge in [0.05, 0.1) is 0 Å². The molecule has 2 heteroatoms. The van der Waals surface area contributed by atoms with E-state index in [0.29, 0.717) is 4.83 Å². The molecular weight excluding hydrogens is 310 g/mol. The van der Waals surface area contributed by atoms with Gasteiger partial charge < -0.3 is 0 Å². The first-order valence-corrected chi connectivity index (χ1v) is 8.08. The third kappa shape index (κ3) is 2.68. The number of hydrogen-bond acceptors (Lipinski definition) is 1. The number of rotatable bonds is 3. The van der Waals surface area contributed by atoms with E-state index >= 15 is 0 Å². The van der Waals surface area contributed by atoms with Crippen molar-refractivity contribution in [2.75, 3.05) is 6.54 Å². The normalized spacial score (nSPS) is 26.8. The molecule has 1 nitrogen and oxygen atoms in total. The highest BCUT2D eigenvalue weighted by atomic mass is 79.9. The molecule has 1 aliphatic rings. The zero-order valence-electron chi connectivity index (χ0n) is 11.8. The second kappa shape index (κ2) is 5.71. The van der Waals surface area contributed by atoms with Gasteiger partial charge in [-0.25, -0.2) is 0 Å². The van der Waals surface area contributed by atoms with E-state index in [1.54, 1.807) is 0 Å². The second-order valence-corrected chi connectivity index (χ2v) is 7.10.